The summed E-state index contributed by atoms with van der Waals surface area (Å²) >= 11 is 24.2. The highest BCUT2D eigenvalue weighted by atomic mass is 35.5. The van der Waals surface area contributed by atoms with Gasteiger partial charge in [0.25, 0.3) is 23.4 Å². The molecule has 0 unspecified atom stereocenters. The molecule has 1 aliphatic rings. The van der Waals surface area contributed by atoms with Crippen LogP contribution >= 0.6 is 46.4 Å². The average molecular weight is 595 g/mol. The van der Waals surface area contributed by atoms with E-state index in [0.29, 0.717) is 15.0 Å². The second-order valence-electron chi connectivity index (χ2n) is 8.02. The molecule has 3 aromatic carbocycles. The maximum Gasteiger partial charge on any atom is 0.287 e. The monoisotopic (exact) mass is 593 g/mol. The molecule has 4 rings (SSSR count). The number of nitro groups is 1. The SMILES string of the molecule is O=C(c1ccc(Cl)cc1)[C@H](CCCl)N(C(=O)c1ccc(Cl)cc1Cl)N1C(=O)c2cccc([N+](=O)[O-])c2C1=O. The minimum atomic E-state index is -1.48. The molecular weight excluding hydrogens is 580 g/mol. The van der Waals surface area contributed by atoms with Crippen molar-refractivity contribution in [3.63, 3.8) is 0 Å². The molecule has 0 aromatic heterocycles. The van der Waals surface area contributed by atoms with Crippen molar-refractivity contribution in [2.45, 2.75) is 12.5 Å². The van der Waals surface area contributed by atoms with Gasteiger partial charge in [-0.3, -0.25) is 29.3 Å². The first-order valence-electron chi connectivity index (χ1n) is 10.9. The Labute approximate surface area is 235 Å². The summed E-state index contributed by atoms with van der Waals surface area (Å²) in [5.41, 5.74) is -1.49. The molecule has 3 amide bonds. The van der Waals surface area contributed by atoms with E-state index in [9.17, 15) is 29.3 Å². The number of Topliss-reactive ketones (excluding diaryl/α,β-unsaturated/α-hetero) is 1. The molecule has 0 saturated heterocycles. The Hall–Kier alpha value is -3.50. The van der Waals surface area contributed by atoms with Gasteiger partial charge in [0.05, 0.1) is 21.1 Å². The number of carbonyl (C=O) groups excluding carboxylic acids is 4. The Bertz CT molecular complexity index is 1490. The number of rotatable bonds is 8. The summed E-state index contributed by atoms with van der Waals surface area (Å²) in [6, 6.07) is 11.7. The molecule has 13 heteroatoms. The van der Waals surface area contributed by atoms with E-state index in [2.05, 4.69) is 0 Å². The van der Waals surface area contributed by atoms with Gasteiger partial charge in [-0.25, -0.2) is 5.01 Å². The molecule has 0 aliphatic carbocycles. The summed E-state index contributed by atoms with van der Waals surface area (Å²) in [5.74, 6) is -3.99. The third kappa shape index (κ3) is 4.98. The van der Waals surface area contributed by atoms with Crippen LogP contribution in [0.1, 0.15) is 47.9 Å². The van der Waals surface area contributed by atoms with Crippen molar-refractivity contribution in [2.75, 3.05) is 5.88 Å². The first kappa shape index (κ1) is 27.5. The molecule has 0 N–H and O–H groups in total. The van der Waals surface area contributed by atoms with Crippen molar-refractivity contribution in [1.82, 2.24) is 10.0 Å². The van der Waals surface area contributed by atoms with Crippen LogP contribution in [0.15, 0.2) is 60.7 Å². The largest absolute Gasteiger partial charge is 0.292 e. The van der Waals surface area contributed by atoms with E-state index in [1.54, 1.807) is 0 Å². The Balaban J connectivity index is 1.91. The summed E-state index contributed by atoms with van der Waals surface area (Å²) in [7, 11) is 0. The van der Waals surface area contributed by atoms with Gasteiger partial charge in [0.2, 0.25) is 0 Å². The van der Waals surface area contributed by atoms with Crippen molar-refractivity contribution < 1.29 is 24.1 Å². The van der Waals surface area contributed by atoms with Gasteiger partial charge in [-0.15, -0.1) is 11.6 Å². The fourth-order valence-corrected chi connectivity index (χ4v) is 4.86. The number of benzene rings is 3. The zero-order valence-electron chi connectivity index (χ0n) is 19.1. The Morgan fingerprint density at radius 1 is 0.947 bits per heavy atom. The molecule has 1 atom stereocenters. The smallest absolute Gasteiger partial charge is 0.287 e. The highest BCUT2D eigenvalue weighted by molar-refractivity contribution is 6.37. The molecular formula is C25H15Cl4N3O6. The highest BCUT2D eigenvalue weighted by Gasteiger charge is 2.49. The maximum absolute atomic E-state index is 13.9. The molecule has 0 fully saturated rings. The number of halogens is 4. The number of hydrazine groups is 1. The third-order valence-electron chi connectivity index (χ3n) is 5.76. The fourth-order valence-electron chi connectivity index (χ4n) is 4.04. The van der Waals surface area contributed by atoms with Gasteiger partial charge in [-0.1, -0.05) is 40.9 Å². The highest BCUT2D eigenvalue weighted by Crippen LogP contribution is 2.35. The molecule has 38 heavy (non-hydrogen) atoms. The number of hydrogen-bond acceptors (Lipinski definition) is 6. The van der Waals surface area contributed by atoms with E-state index >= 15 is 0 Å². The van der Waals surface area contributed by atoms with E-state index in [1.165, 1.54) is 54.6 Å². The second-order valence-corrected chi connectivity index (χ2v) is 9.68. The van der Waals surface area contributed by atoms with Gasteiger partial charge in [-0.05, 0) is 55.0 Å². The van der Waals surface area contributed by atoms with Crippen molar-refractivity contribution in [3.05, 3.63) is 108 Å². The lowest BCUT2D eigenvalue weighted by molar-refractivity contribution is -0.385. The van der Waals surface area contributed by atoms with Crippen molar-refractivity contribution in [1.29, 1.82) is 0 Å². The Kier molecular flexibility index (Phi) is 8.03. The molecule has 1 heterocycles. The lowest BCUT2D eigenvalue weighted by Crippen LogP contribution is -2.57. The van der Waals surface area contributed by atoms with E-state index < -0.39 is 45.7 Å². The number of fused-ring (bicyclic) bond motifs is 1. The number of alkyl halides is 1. The topological polar surface area (TPSA) is 118 Å². The minimum absolute atomic E-state index is 0.112. The van der Waals surface area contributed by atoms with Gasteiger partial charge in [0.15, 0.2) is 5.78 Å². The molecule has 0 bridgehead atoms. The summed E-state index contributed by atoms with van der Waals surface area (Å²) in [6.45, 7) is 0. The first-order valence-corrected chi connectivity index (χ1v) is 12.5. The maximum atomic E-state index is 13.9. The van der Waals surface area contributed by atoms with Crippen LogP contribution in [0.3, 0.4) is 0 Å². The van der Waals surface area contributed by atoms with E-state index in [4.69, 9.17) is 46.4 Å². The van der Waals surface area contributed by atoms with Crippen LogP contribution in [0.25, 0.3) is 0 Å². The van der Waals surface area contributed by atoms with Gasteiger partial charge in [0.1, 0.15) is 11.6 Å². The minimum Gasteiger partial charge on any atom is -0.292 e. The van der Waals surface area contributed by atoms with Crippen molar-refractivity contribution in [3.8, 4) is 0 Å². The zero-order chi connectivity index (χ0) is 27.7. The van der Waals surface area contributed by atoms with Crippen LogP contribution in [0.2, 0.25) is 15.1 Å². The summed E-state index contributed by atoms with van der Waals surface area (Å²) in [6.07, 6.45) is -0.185. The normalized spacial score (nSPS) is 13.3. The van der Waals surface area contributed by atoms with Gasteiger partial charge in [-0.2, -0.15) is 5.01 Å². The average Bonchev–Trinajstić information content (AvgIpc) is 3.13. The Morgan fingerprint density at radius 2 is 1.61 bits per heavy atom. The summed E-state index contributed by atoms with van der Waals surface area (Å²) in [4.78, 5) is 65.4. The molecule has 9 nitrogen and oxygen atoms in total. The molecule has 3 aromatic rings. The van der Waals surface area contributed by atoms with Crippen LogP contribution in [-0.4, -0.2) is 50.4 Å². The molecule has 1 aliphatic heterocycles. The lowest BCUT2D eigenvalue weighted by Gasteiger charge is -2.36. The number of ketones is 1. The first-order chi connectivity index (χ1) is 18.1. The second kappa shape index (κ2) is 11.1. The van der Waals surface area contributed by atoms with Crippen LogP contribution in [0, 0.1) is 10.1 Å². The predicted octanol–water partition coefficient (Wildman–Crippen LogP) is 6.09. The number of amides is 3. The molecule has 0 spiro atoms. The third-order valence-corrected chi connectivity index (χ3v) is 6.78. The van der Waals surface area contributed by atoms with E-state index in [-0.39, 0.29) is 39.0 Å². The van der Waals surface area contributed by atoms with E-state index in [1.807, 2.05) is 0 Å². The summed E-state index contributed by atoms with van der Waals surface area (Å²) < 4.78 is 0. The van der Waals surface area contributed by atoms with E-state index in [0.717, 1.165) is 6.07 Å². The number of carbonyl (C=O) groups is 4. The summed E-state index contributed by atoms with van der Waals surface area (Å²) in [5, 5.41) is 13.1. The van der Waals surface area contributed by atoms with Crippen LogP contribution in [-0.2, 0) is 0 Å². The van der Waals surface area contributed by atoms with Gasteiger partial charge < -0.3 is 0 Å². The van der Waals surface area contributed by atoms with Gasteiger partial charge in [0, 0.05) is 27.6 Å². The van der Waals surface area contributed by atoms with Gasteiger partial charge >= 0.3 is 0 Å². The molecule has 194 valence electrons. The number of nitro benzene ring substituents is 1. The lowest BCUT2D eigenvalue weighted by atomic mass is 10.0. The Morgan fingerprint density at radius 3 is 2.21 bits per heavy atom. The molecule has 0 saturated carbocycles. The molecule has 0 radical (unpaired) electrons. The van der Waals surface area contributed by atoms with Crippen LogP contribution < -0.4 is 0 Å². The van der Waals surface area contributed by atoms with Crippen LogP contribution in [0.5, 0.6) is 0 Å². The number of nitrogens with zero attached hydrogens (tertiary/aromatic N) is 3. The quantitative estimate of drug-likeness (QED) is 0.102. The van der Waals surface area contributed by atoms with Crippen molar-refractivity contribution >= 4 is 75.6 Å². The predicted molar refractivity (Wildman–Crippen MR) is 141 cm³/mol. The number of hydrogen-bond donors (Lipinski definition) is 0. The fraction of sp³-hybridized carbons (Fsp3) is 0.120. The zero-order valence-corrected chi connectivity index (χ0v) is 22.1. The standard InChI is InChI=1S/C25H15Cl4N3O6/c26-11-10-20(22(33)13-4-6-14(27)7-5-13)30(23(34)16-9-8-15(28)12-18(16)29)31-24(35)17-2-1-3-19(32(37)38)21(17)25(31)36/h1-9,12,20H,10-11H2/t20-/m0/s1. The van der Waals surface area contributed by atoms with Crippen molar-refractivity contribution in [2.24, 2.45) is 0 Å². The van der Waals surface area contributed by atoms with Crippen LogP contribution in [0.4, 0.5) is 5.69 Å². The number of imide groups is 1.